The molecule has 3 aromatic rings. The molecule has 0 aliphatic heterocycles. The molecule has 0 bridgehead atoms. The van der Waals surface area contributed by atoms with Crippen LogP contribution in [0.4, 0.5) is 0 Å². The topological polar surface area (TPSA) is 38.8 Å². The summed E-state index contributed by atoms with van der Waals surface area (Å²) in [6.45, 7) is 5.73. The average Bonchev–Trinajstić information content (AvgIpc) is 2.72. The average molecular weight is 377 g/mol. The fourth-order valence-electron chi connectivity index (χ4n) is 3.32. The number of rotatable bonds is 8. The Morgan fingerprint density at radius 1 is 0.893 bits per heavy atom. The van der Waals surface area contributed by atoms with Crippen molar-refractivity contribution >= 4 is 16.7 Å². The van der Waals surface area contributed by atoms with Crippen molar-refractivity contribution in [3.05, 3.63) is 71.8 Å². The molecule has 0 aliphatic carbocycles. The molecule has 4 heteroatoms. The van der Waals surface area contributed by atoms with Crippen molar-refractivity contribution in [1.82, 2.24) is 4.90 Å². The summed E-state index contributed by atoms with van der Waals surface area (Å²) in [5, 5.41) is 2.35. The molecule has 0 atom stereocenters. The summed E-state index contributed by atoms with van der Waals surface area (Å²) in [6.07, 6.45) is 0.396. The molecule has 146 valence electrons. The summed E-state index contributed by atoms with van der Waals surface area (Å²) in [4.78, 5) is 14.7. The number of benzene rings is 3. The van der Waals surface area contributed by atoms with Gasteiger partial charge in [0.05, 0.1) is 20.1 Å². The second-order valence-corrected chi connectivity index (χ2v) is 6.68. The monoisotopic (exact) mass is 377 g/mol. The Balaban J connectivity index is 1.72. The molecule has 0 saturated carbocycles. The molecule has 0 unspecified atom stereocenters. The summed E-state index contributed by atoms with van der Waals surface area (Å²) in [6, 6.07) is 20.2. The minimum Gasteiger partial charge on any atom is -0.493 e. The van der Waals surface area contributed by atoms with Gasteiger partial charge in [0.15, 0.2) is 11.5 Å². The lowest BCUT2D eigenvalue weighted by molar-refractivity contribution is -0.130. The van der Waals surface area contributed by atoms with E-state index in [-0.39, 0.29) is 5.91 Å². The molecule has 0 radical (unpaired) electrons. The molecule has 0 aliphatic rings. The van der Waals surface area contributed by atoms with E-state index >= 15 is 0 Å². The van der Waals surface area contributed by atoms with Crippen LogP contribution in [-0.2, 0) is 17.8 Å². The number of hydrogen-bond donors (Lipinski definition) is 0. The lowest BCUT2D eigenvalue weighted by Crippen LogP contribution is -2.31. The Labute approximate surface area is 166 Å². The van der Waals surface area contributed by atoms with E-state index < -0.39 is 0 Å². The summed E-state index contributed by atoms with van der Waals surface area (Å²) < 4.78 is 11.0. The molecule has 0 saturated heterocycles. The maximum atomic E-state index is 12.9. The third kappa shape index (κ3) is 4.63. The Morgan fingerprint density at radius 2 is 1.64 bits per heavy atom. The summed E-state index contributed by atoms with van der Waals surface area (Å²) in [5.74, 6) is 1.53. The van der Waals surface area contributed by atoms with Gasteiger partial charge in [0.25, 0.3) is 0 Å². The molecule has 0 N–H and O–H groups in total. The van der Waals surface area contributed by atoms with Crippen molar-refractivity contribution in [2.45, 2.75) is 26.8 Å². The fraction of sp³-hybridized carbons (Fsp3) is 0.292. The first-order valence-electron chi connectivity index (χ1n) is 9.69. The van der Waals surface area contributed by atoms with Gasteiger partial charge in [-0.2, -0.15) is 0 Å². The number of nitrogens with zero attached hydrogens (tertiary/aromatic N) is 1. The molecule has 0 heterocycles. The first-order valence-corrected chi connectivity index (χ1v) is 9.69. The van der Waals surface area contributed by atoms with Crippen LogP contribution in [0, 0.1) is 0 Å². The third-order valence-electron chi connectivity index (χ3n) is 4.80. The molecule has 0 aromatic heterocycles. The lowest BCUT2D eigenvalue weighted by Gasteiger charge is -2.22. The van der Waals surface area contributed by atoms with Crippen molar-refractivity contribution < 1.29 is 14.3 Å². The largest absolute Gasteiger partial charge is 0.493 e. The van der Waals surface area contributed by atoms with Crippen molar-refractivity contribution in [1.29, 1.82) is 0 Å². The molecule has 1 amide bonds. The Hall–Kier alpha value is -3.01. The number of likely N-dealkylation sites (N-methyl/N-ethyl adjacent to an activating group) is 1. The van der Waals surface area contributed by atoms with Gasteiger partial charge in [0.1, 0.15) is 0 Å². The Kier molecular flexibility index (Phi) is 6.53. The number of carbonyl (C=O) groups excluding carboxylic acids is 1. The SMILES string of the molecule is CCOc1ccc(CN(CC)C(=O)Cc2ccc3ccccc3c2)cc1OC. The molecule has 4 nitrogen and oxygen atoms in total. The van der Waals surface area contributed by atoms with E-state index in [1.54, 1.807) is 7.11 Å². The molecular formula is C24H27NO3. The quantitative estimate of drug-likeness (QED) is 0.564. The van der Waals surface area contributed by atoms with Crippen LogP contribution in [0.15, 0.2) is 60.7 Å². The second-order valence-electron chi connectivity index (χ2n) is 6.68. The van der Waals surface area contributed by atoms with Crippen LogP contribution in [0.2, 0.25) is 0 Å². The van der Waals surface area contributed by atoms with E-state index in [0.29, 0.717) is 31.9 Å². The van der Waals surface area contributed by atoms with Gasteiger partial charge in [-0.3, -0.25) is 4.79 Å². The highest BCUT2D eigenvalue weighted by Gasteiger charge is 2.15. The van der Waals surface area contributed by atoms with Gasteiger partial charge in [-0.1, -0.05) is 48.5 Å². The minimum absolute atomic E-state index is 0.116. The highest BCUT2D eigenvalue weighted by Crippen LogP contribution is 2.28. The Bertz CT molecular complexity index is 951. The molecule has 3 aromatic carbocycles. The van der Waals surface area contributed by atoms with E-state index in [4.69, 9.17) is 9.47 Å². The molecule has 28 heavy (non-hydrogen) atoms. The molecule has 3 rings (SSSR count). The van der Waals surface area contributed by atoms with E-state index in [0.717, 1.165) is 22.3 Å². The fourth-order valence-corrected chi connectivity index (χ4v) is 3.32. The highest BCUT2D eigenvalue weighted by atomic mass is 16.5. The number of amides is 1. The minimum atomic E-state index is 0.116. The van der Waals surface area contributed by atoms with Crippen LogP contribution in [0.5, 0.6) is 11.5 Å². The Morgan fingerprint density at radius 3 is 2.36 bits per heavy atom. The lowest BCUT2D eigenvalue weighted by atomic mass is 10.0. The van der Waals surface area contributed by atoms with E-state index in [1.165, 1.54) is 5.39 Å². The van der Waals surface area contributed by atoms with Gasteiger partial charge in [-0.25, -0.2) is 0 Å². The van der Waals surface area contributed by atoms with Crippen LogP contribution < -0.4 is 9.47 Å². The van der Waals surface area contributed by atoms with E-state index in [9.17, 15) is 4.79 Å². The maximum Gasteiger partial charge on any atom is 0.227 e. The zero-order valence-electron chi connectivity index (χ0n) is 16.8. The molecular weight excluding hydrogens is 350 g/mol. The van der Waals surface area contributed by atoms with Crippen molar-refractivity contribution in [2.75, 3.05) is 20.3 Å². The number of hydrogen-bond acceptors (Lipinski definition) is 3. The van der Waals surface area contributed by atoms with E-state index in [1.807, 2.05) is 55.1 Å². The predicted molar refractivity (Wildman–Crippen MR) is 113 cm³/mol. The number of methoxy groups -OCH3 is 1. The van der Waals surface area contributed by atoms with Crippen LogP contribution in [0.25, 0.3) is 10.8 Å². The smallest absolute Gasteiger partial charge is 0.227 e. The second kappa shape index (κ2) is 9.27. The number of fused-ring (bicyclic) bond motifs is 1. The molecule has 0 fully saturated rings. The van der Waals surface area contributed by atoms with Gasteiger partial charge in [-0.05, 0) is 47.9 Å². The van der Waals surface area contributed by atoms with Crippen LogP contribution in [0.1, 0.15) is 25.0 Å². The van der Waals surface area contributed by atoms with Gasteiger partial charge < -0.3 is 14.4 Å². The van der Waals surface area contributed by atoms with Crippen molar-refractivity contribution in [3.63, 3.8) is 0 Å². The summed E-state index contributed by atoms with van der Waals surface area (Å²) in [7, 11) is 1.63. The number of carbonyl (C=O) groups is 1. The predicted octanol–water partition coefficient (Wildman–Crippen LogP) is 4.84. The van der Waals surface area contributed by atoms with Gasteiger partial charge in [-0.15, -0.1) is 0 Å². The first kappa shape index (κ1) is 19.7. The zero-order chi connectivity index (χ0) is 19.9. The van der Waals surface area contributed by atoms with Crippen molar-refractivity contribution in [2.24, 2.45) is 0 Å². The van der Waals surface area contributed by atoms with Crippen LogP contribution in [0.3, 0.4) is 0 Å². The van der Waals surface area contributed by atoms with Gasteiger partial charge in [0, 0.05) is 13.1 Å². The summed E-state index contributed by atoms with van der Waals surface area (Å²) >= 11 is 0. The zero-order valence-corrected chi connectivity index (χ0v) is 16.8. The van der Waals surface area contributed by atoms with Crippen molar-refractivity contribution in [3.8, 4) is 11.5 Å². The standard InChI is InChI=1S/C24H27NO3/c1-4-25(17-19-11-13-22(28-5-2)23(15-19)27-3)24(26)16-18-10-12-20-8-6-7-9-21(20)14-18/h6-15H,4-5,16-17H2,1-3H3. The van der Waals surface area contributed by atoms with Crippen LogP contribution >= 0.6 is 0 Å². The van der Waals surface area contributed by atoms with E-state index in [2.05, 4.69) is 24.3 Å². The summed E-state index contributed by atoms with van der Waals surface area (Å²) in [5.41, 5.74) is 2.06. The maximum absolute atomic E-state index is 12.9. The normalized spacial score (nSPS) is 10.7. The number of ether oxygens (including phenoxy) is 2. The first-order chi connectivity index (χ1) is 13.6. The van der Waals surface area contributed by atoms with Crippen LogP contribution in [-0.4, -0.2) is 31.1 Å². The van der Waals surface area contributed by atoms with Gasteiger partial charge in [0.2, 0.25) is 5.91 Å². The highest BCUT2D eigenvalue weighted by molar-refractivity contribution is 5.85. The molecule has 0 spiro atoms. The van der Waals surface area contributed by atoms with Gasteiger partial charge >= 0.3 is 0 Å². The third-order valence-corrected chi connectivity index (χ3v) is 4.80.